The molecule has 0 aliphatic carbocycles. The maximum absolute atomic E-state index is 10.2. The zero-order valence-corrected chi connectivity index (χ0v) is 11.3. The topological polar surface area (TPSA) is 20.2 Å². The highest BCUT2D eigenvalue weighted by Crippen LogP contribution is 2.34. The first kappa shape index (κ1) is 13.2. The Morgan fingerprint density at radius 3 is 1.94 bits per heavy atom. The van der Waals surface area contributed by atoms with E-state index < -0.39 is 5.60 Å². The minimum Gasteiger partial charge on any atom is -0.386 e. The molecule has 0 saturated heterocycles. The molecule has 0 fully saturated rings. The number of hydrogen-bond acceptors (Lipinski definition) is 1. The molecular formula is C15H24O. The summed E-state index contributed by atoms with van der Waals surface area (Å²) in [6.07, 6.45) is 0. The molecule has 0 atom stereocenters. The van der Waals surface area contributed by atoms with Gasteiger partial charge in [0.2, 0.25) is 0 Å². The van der Waals surface area contributed by atoms with Crippen molar-refractivity contribution in [1.82, 2.24) is 0 Å². The molecule has 16 heavy (non-hydrogen) atoms. The summed E-state index contributed by atoms with van der Waals surface area (Å²) in [5.41, 5.74) is 2.97. The Labute approximate surface area is 99.5 Å². The minimum atomic E-state index is -0.759. The van der Waals surface area contributed by atoms with Crippen LogP contribution in [0.25, 0.3) is 0 Å². The van der Waals surface area contributed by atoms with E-state index in [4.69, 9.17) is 0 Å². The van der Waals surface area contributed by atoms with Crippen LogP contribution < -0.4 is 0 Å². The van der Waals surface area contributed by atoms with Crippen molar-refractivity contribution in [2.45, 2.75) is 59.0 Å². The van der Waals surface area contributed by atoms with E-state index in [9.17, 15) is 5.11 Å². The number of rotatable bonds is 3. The second-order valence-corrected chi connectivity index (χ2v) is 5.68. The highest BCUT2D eigenvalue weighted by atomic mass is 16.3. The fourth-order valence-corrected chi connectivity index (χ4v) is 2.26. The van der Waals surface area contributed by atoms with E-state index in [0.29, 0.717) is 11.8 Å². The van der Waals surface area contributed by atoms with Crippen molar-refractivity contribution in [3.63, 3.8) is 0 Å². The lowest BCUT2D eigenvalue weighted by Gasteiger charge is -2.27. The molecule has 0 aliphatic heterocycles. The first-order valence-corrected chi connectivity index (χ1v) is 6.10. The lowest BCUT2D eigenvalue weighted by atomic mass is 9.82. The van der Waals surface area contributed by atoms with Crippen LogP contribution in [0.5, 0.6) is 0 Å². The maximum atomic E-state index is 10.2. The van der Waals surface area contributed by atoms with Crippen molar-refractivity contribution in [3.05, 3.63) is 34.9 Å². The van der Waals surface area contributed by atoms with Crippen LogP contribution in [0.3, 0.4) is 0 Å². The Hall–Kier alpha value is -0.820. The summed E-state index contributed by atoms with van der Waals surface area (Å²) in [5.74, 6) is 0.944. The van der Waals surface area contributed by atoms with Crippen molar-refractivity contribution in [1.29, 1.82) is 0 Å². The summed E-state index contributed by atoms with van der Waals surface area (Å²) < 4.78 is 0. The van der Waals surface area contributed by atoms with Gasteiger partial charge < -0.3 is 5.11 Å². The smallest absolute Gasteiger partial charge is 0.0843 e. The molecule has 90 valence electrons. The van der Waals surface area contributed by atoms with Gasteiger partial charge in [0.15, 0.2) is 0 Å². The van der Waals surface area contributed by atoms with Crippen LogP contribution in [-0.4, -0.2) is 5.11 Å². The number of aliphatic hydroxyl groups is 1. The van der Waals surface area contributed by atoms with Crippen molar-refractivity contribution < 1.29 is 5.11 Å². The van der Waals surface area contributed by atoms with Crippen molar-refractivity contribution >= 4 is 0 Å². The standard InChI is InChI=1S/C15H24O/c1-10(2)12-8-7-9-13(15(5,6)16)14(12)11(3)4/h7-11,16H,1-6H3. The van der Waals surface area contributed by atoms with Crippen LogP contribution in [0.15, 0.2) is 18.2 Å². The monoisotopic (exact) mass is 220 g/mol. The van der Waals surface area contributed by atoms with Gasteiger partial charge in [0, 0.05) is 0 Å². The summed E-state index contributed by atoms with van der Waals surface area (Å²) in [6.45, 7) is 12.5. The predicted octanol–water partition coefficient (Wildman–Crippen LogP) is 4.16. The molecule has 1 N–H and O–H groups in total. The summed E-state index contributed by atoms with van der Waals surface area (Å²) in [5, 5.41) is 10.2. The lowest BCUT2D eigenvalue weighted by Crippen LogP contribution is -2.20. The van der Waals surface area contributed by atoms with E-state index in [0.717, 1.165) is 5.56 Å². The number of benzene rings is 1. The molecule has 0 spiro atoms. The zero-order chi connectivity index (χ0) is 12.5. The van der Waals surface area contributed by atoms with Crippen LogP contribution in [0.2, 0.25) is 0 Å². The highest BCUT2D eigenvalue weighted by molar-refractivity contribution is 5.42. The fraction of sp³-hybridized carbons (Fsp3) is 0.600. The Morgan fingerprint density at radius 1 is 1.00 bits per heavy atom. The van der Waals surface area contributed by atoms with Gasteiger partial charge in [0.1, 0.15) is 0 Å². The molecule has 0 saturated carbocycles. The summed E-state index contributed by atoms with van der Waals surface area (Å²) in [4.78, 5) is 0. The quantitative estimate of drug-likeness (QED) is 0.811. The van der Waals surface area contributed by atoms with Crippen LogP contribution >= 0.6 is 0 Å². The Bertz CT molecular complexity index is 356. The molecule has 0 aromatic heterocycles. The Balaban J connectivity index is 3.45. The van der Waals surface area contributed by atoms with Gasteiger partial charge in [-0.3, -0.25) is 0 Å². The second-order valence-electron chi connectivity index (χ2n) is 5.68. The highest BCUT2D eigenvalue weighted by Gasteiger charge is 2.23. The van der Waals surface area contributed by atoms with Crippen LogP contribution in [0.1, 0.15) is 70.1 Å². The first-order chi connectivity index (χ1) is 7.25. The van der Waals surface area contributed by atoms with Gasteiger partial charge >= 0.3 is 0 Å². The fourth-order valence-electron chi connectivity index (χ4n) is 2.26. The average Bonchev–Trinajstić information content (AvgIpc) is 2.14. The summed E-state index contributed by atoms with van der Waals surface area (Å²) in [6, 6.07) is 6.27. The maximum Gasteiger partial charge on any atom is 0.0843 e. The molecule has 0 unspecified atom stereocenters. The first-order valence-electron chi connectivity index (χ1n) is 6.10. The van der Waals surface area contributed by atoms with E-state index in [-0.39, 0.29) is 0 Å². The van der Waals surface area contributed by atoms with Gasteiger partial charge in [-0.1, -0.05) is 45.9 Å². The summed E-state index contributed by atoms with van der Waals surface area (Å²) >= 11 is 0. The minimum absolute atomic E-state index is 0.444. The van der Waals surface area contributed by atoms with Crippen LogP contribution in [0, 0.1) is 0 Å². The summed E-state index contributed by atoms with van der Waals surface area (Å²) in [7, 11) is 0. The van der Waals surface area contributed by atoms with E-state index in [2.05, 4.69) is 39.8 Å². The molecule has 0 bridgehead atoms. The van der Waals surface area contributed by atoms with E-state index in [1.54, 1.807) is 0 Å². The van der Waals surface area contributed by atoms with Crippen molar-refractivity contribution in [2.75, 3.05) is 0 Å². The molecule has 0 heterocycles. The van der Waals surface area contributed by atoms with Crippen molar-refractivity contribution in [3.8, 4) is 0 Å². The van der Waals surface area contributed by atoms with Gasteiger partial charge in [0.05, 0.1) is 5.60 Å². The molecule has 1 aromatic rings. The van der Waals surface area contributed by atoms with Gasteiger partial charge in [0.25, 0.3) is 0 Å². The van der Waals surface area contributed by atoms with Crippen LogP contribution in [-0.2, 0) is 5.60 Å². The van der Waals surface area contributed by atoms with E-state index in [1.165, 1.54) is 11.1 Å². The normalized spacial score (nSPS) is 12.6. The third kappa shape index (κ3) is 2.65. The Morgan fingerprint density at radius 2 is 1.56 bits per heavy atom. The van der Waals surface area contributed by atoms with Gasteiger partial charge in [-0.15, -0.1) is 0 Å². The predicted molar refractivity (Wildman–Crippen MR) is 69.9 cm³/mol. The zero-order valence-electron chi connectivity index (χ0n) is 11.3. The molecule has 0 amide bonds. The molecule has 0 radical (unpaired) electrons. The number of hydrogen-bond donors (Lipinski definition) is 1. The van der Waals surface area contributed by atoms with E-state index >= 15 is 0 Å². The lowest BCUT2D eigenvalue weighted by molar-refractivity contribution is 0.0772. The van der Waals surface area contributed by atoms with Gasteiger partial charge in [-0.2, -0.15) is 0 Å². The Kier molecular flexibility index (Phi) is 3.80. The molecule has 1 nitrogen and oxygen atoms in total. The average molecular weight is 220 g/mol. The molecular weight excluding hydrogens is 196 g/mol. The van der Waals surface area contributed by atoms with Gasteiger partial charge in [-0.05, 0) is 42.4 Å². The molecule has 1 rings (SSSR count). The van der Waals surface area contributed by atoms with Crippen LogP contribution in [0.4, 0.5) is 0 Å². The largest absolute Gasteiger partial charge is 0.386 e. The van der Waals surface area contributed by atoms with Crippen molar-refractivity contribution in [2.24, 2.45) is 0 Å². The third-order valence-corrected chi connectivity index (χ3v) is 3.00. The third-order valence-electron chi connectivity index (χ3n) is 3.00. The second kappa shape index (κ2) is 4.58. The van der Waals surface area contributed by atoms with E-state index in [1.807, 2.05) is 19.9 Å². The molecule has 1 heteroatoms. The van der Waals surface area contributed by atoms with Gasteiger partial charge in [-0.25, -0.2) is 0 Å². The SMILES string of the molecule is CC(C)c1cccc(C(C)(C)O)c1C(C)C. The molecule has 1 aromatic carbocycles. The molecule has 0 aliphatic rings.